The minimum atomic E-state index is -0.251. The fourth-order valence-corrected chi connectivity index (χ4v) is 2.63. The van der Waals surface area contributed by atoms with Gasteiger partial charge in [-0.05, 0) is 31.2 Å². The minimum Gasteiger partial charge on any atom is -0.319 e. The quantitative estimate of drug-likeness (QED) is 0.733. The van der Waals surface area contributed by atoms with Gasteiger partial charge in [-0.2, -0.15) is 0 Å². The summed E-state index contributed by atoms with van der Waals surface area (Å²) in [6.07, 6.45) is 3.23. The molecule has 0 fully saturated rings. The van der Waals surface area contributed by atoms with E-state index in [1.165, 1.54) is 0 Å². The Hall–Kier alpha value is -2.53. The highest BCUT2D eigenvalue weighted by molar-refractivity contribution is 6.31. The Morgan fingerprint density at radius 2 is 1.80 bits per heavy atom. The number of carbonyl (C=O) groups excluding carboxylic acids is 1. The molecule has 3 aromatic rings. The fraction of sp³-hybridized carbons (Fsp3) is 0.263. The second kappa shape index (κ2) is 6.41. The van der Waals surface area contributed by atoms with Crippen LogP contribution >= 0.6 is 11.6 Å². The Balaban J connectivity index is 1.88. The second-order valence-electron chi connectivity index (χ2n) is 6.96. The van der Waals surface area contributed by atoms with Crippen molar-refractivity contribution in [2.75, 3.05) is 5.32 Å². The molecule has 25 heavy (non-hydrogen) atoms. The molecule has 5 nitrogen and oxygen atoms in total. The first-order chi connectivity index (χ1) is 11.7. The van der Waals surface area contributed by atoms with Gasteiger partial charge >= 0.3 is 0 Å². The number of halogens is 1. The first kappa shape index (κ1) is 17.3. The Morgan fingerprint density at radius 3 is 2.44 bits per heavy atom. The number of fused-ring (bicyclic) bond motifs is 1. The maximum absolute atomic E-state index is 12.6. The van der Waals surface area contributed by atoms with Gasteiger partial charge in [0.05, 0.1) is 34.9 Å². The zero-order chi connectivity index (χ0) is 18.2. The van der Waals surface area contributed by atoms with E-state index in [2.05, 4.69) is 20.3 Å². The van der Waals surface area contributed by atoms with Crippen LogP contribution in [-0.2, 0) is 5.41 Å². The standard InChI is InChI=1S/C19H19ClN4O/c1-11-15(8-12-7-13(20)5-6-16(12)23-11)17(25)24-14-9-21-18(22-10-14)19(2,3)4/h5-10H,1-4H3,(H,24,25). The van der Waals surface area contributed by atoms with Crippen molar-refractivity contribution < 1.29 is 4.79 Å². The molecule has 0 spiro atoms. The van der Waals surface area contributed by atoms with Crippen LogP contribution in [0.4, 0.5) is 5.69 Å². The number of aryl methyl sites for hydroxylation is 1. The molecule has 1 amide bonds. The molecule has 0 aliphatic heterocycles. The molecule has 1 N–H and O–H groups in total. The lowest BCUT2D eigenvalue weighted by molar-refractivity contribution is 0.102. The van der Waals surface area contributed by atoms with Gasteiger partial charge < -0.3 is 5.32 Å². The molecular weight excluding hydrogens is 336 g/mol. The van der Waals surface area contributed by atoms with Gasteiger partial charge in [-0.1, -0.05) is 32.4 Å². The van der Waals surface area contributed by atoms with Gasteiger partial charge in [0.15, 0.2) is 0 Å². The molecule has 0 aliphatic rings. The molecule has 6 heteroatoms. The van der Waals surface area contributed by atoms with Crippen LogP contribution in [0.2, 0.25) is 5.02 Å². The number of rotatable bonds is 2. The van der Waals surface area contributed by atoms with Gasteiger partial charge in [0, 0.05) is 15.8 Å². The lowest BCUT2D eigenvalue weighted by atomic mass is 9.96. The molecule has 3 rings (SSSR count). The Morgan fingerprint density at radius 1 is 1.12 bits per heavy atom. The van der Waals surface area contributed by atoms with Crippen molar-refractivity contribution in [2.24, 2.45) is 0 Å². The molecule has 0 saturated heterocycles. The van der Waals surface area contributed by atoms with E-state index in [0.29, 0.717) is 22.0 Å². The number of amides is 1. The predicted molar refractivity (Wildman–Crippen MR) is 100 cm³/mol. The van der Waals surface area contributed by atoms with E-state index >= 15 is 0 Å². The molecule has 0 unspecified atom stereocenters. The summed E-state index contributed by atoms with van der Waals surface area (Å²) in [6.45, 7) is 7.92. The third-order valence-electron chi connectivity index (χ3n) is 3.79. The highest BCUT2D eigenvalue weighted by atomic mass is 35.5. The van der Waals surface area contributed by atoms with Crippen LogP contribution in [0.25, 0.3) is 10.9 Å². The molecule has 0 bridgehead atoms. The maximum Gasteiger partial charge on any atom is 0.257 e. The molecule has 0 radical (unpaired) electrons. The lowest BCUT2D eigenvalue weighted by Crippen LogP contribution is -2.18. The van der Waals surface area contributed by atoms with Crippen molar-refractivity contribution in [1.82, 2.24) is 15.0 Å². The summed E-state index contributed by atoms with van der Waals surface area (Å²) in [5, 5.41) is 4.25. The summed E-state index contributed by atoms with van der Waals surface area (Å²) in [7, 11) is 0. The lowest BCUT2D eigenvalue weighted by Gasteiger charge is -2.16. The summed E-state index contributed by atoms with van der Waals surface area (Å²) in [4.78, 5) is 25.7. The number of hydrogen-bond donors (Lipinski definition) is 1. The first-order valence-electron chi connectivity index (χ1n) is 7.95. The van der Waals surface area contributed by atoms with Gasteiger partial charge in [-0.15, -0.1) is 0 Å². The van der Waals surface area contributed by atoms with Crippen molar-refractivity contribution in [3.63, 3.8) is 0 Å². The smallest absolute Gasteiger partial charge is 0.257 e. The van der Waals surface area contributed by atoms with E-state index in [-0.39, 0.29) is 11.3 Å². The Labute approximate surface area is 151 Å². The van der Waals surface area contributed by atoms with Crippen LogP contribution in [-0.4, -0.2) is 20.9 Å². The van der Waals surface area contributed by atoms with Crippen LogP contribution in [0.3, 0.4) is 0 Å². The normalized spacial score (nSPS) is 11.6. The van der Waals surface area contributed by atoms with Crippen molar-refractivity contribution in [3.8, 4) is 0 Å². The third kappa shape index (κ3) is 3.77. The van der Waals surface area contributed by atoms with Gasteiger partial charge in [-0.25, -0.2) is 9.97 Å². The number of carbonyl (C=O) groups is 1. The van der Waals surface area contributed by atoms with Crippen molar-refractivity contribution in [1.29, 1.82) is 0 Å². The Bertz CT molecular complexity index is 946. The molecule has 128 valence electrons. The van der Waals surface area contributed by atoms with E-state index in [9.17, 15) is 4.79 Å². The molecule has 0 atom stereocenters. The zero-order valence-corrected chi connectivity index (χ0v) is 15.3. The molecule has 1 aromatic carbocycles. The van der Waals surface area contributed by atoms with E-state index in [4.69, 9.17) is 11.6 Å². The number of aromatic nitrogens is 3. The molecular formula is C19H19ClN4O. The van der Waals surface area contributed by atoms with Crippen molar-refractivity contribution >= 4 is 34.1 Å². The highest BCUT2D eigenvalue weighted by Gasteiger charge is 2.17. The topological polar surface area (TPSA) is 67.8 Å². The number of pyridine rings is 1. The molecule has 0 aliphatic carbocycles. The maximum atomic E-state index is 12.6. The van der Waals surface area contributed by atoms with Crippen LogP contribution in [0.1, 0.15) is 42.6 Å². The summed E-state index contributed by atoms with van der Waals surface area (Å²) in [5.41, 5.74) is 2.36. The summed E-state index contributed by atoms with van der Waals surface area (Å²) >= 11 is 6.03. The zero-order valence-electron chi connectivity index (χ0n) is 14.6. The summed E-state index contributed by atoms with van der Waals surface area (Å²) in [6, 6.07) is 7.21. The van der Waals surface area contributed by atoms with E-state index in [0.717, 1.165) is 16.7 Å². The number of benzene rings is 1. The number of anilines is 1. The van der Waals surface area contributed by atoms with E-state index in [1.54, 1.807) is 30.6 Å². The van der Waals surface area contributed by atoms with Crippen molar-refractivity contribution in [3.05, 3.63) is 58.8 Å². The number of nitrogens with zero attached hydrogens (tertiary/aromatic N) is 3. The number of nitrogens with one attached hydrogen (secondary N) is 1. The van der Waals surface area contributed by atoms with Crippen LogP contribution < -0.4 is 5.32 Å². The van der Waals surface area contributed by atoms with Crippen LogP contribution in [0.15, 0.2) is 36.7 Å². The Kier molecular flexibility index (Phi) is 4.43. The van der Waals surface area contributed by atoms with Crippen LogP contribution in [0.5, 0.6) is 0 Å². The average molecular weight is 355 g/mol. The SMILES string of the molecule is Cc1nc2ccc(Cl)cc2cc1C(=O)Nc1cnc(C(C)(C)C)nc1. The minimum absolute atomic E-state index is 0.138. The fourth-order valence-electron chi connectivity index (χ4n) is 2.45. The molecule has 2 heterocycles. The monoisotopic (exact) mass is 354 g/mol. The van der Waals surface area contributed by atoms with Gasteiger partial charge in [0.1, 0.15) is 5.82 Å². The van der Waals surface area contributed by atoms with Gasteiger partial charge in [0.25, 0.3) is 5.91 Å². The number of hydrogen-bond acceptors (Lipinski definition) is 4. The highest BCUT2D eigenvalue weighted by Crippen LogP contribution is 2.22. The predicted octanol–water partition coefficient (Wildman–Crippen LogP) is 4.54. The summed E-state index contributed by atoms with van der Waals surface area (Å²) in [5.74, 6) is 0.475. The van der Waals surface area contributed by atoms with Crippen LogP contribution in [0, 0.1) is 6.92 Å². The molecule has 0 saturated carbocycles. The molecule has 2 aromatic heterocycles. The third-order valence-corrected chi connectivity index (χ3v) is 4.03. The van der Waals surface area contributed by atoms with E-state index < -0.39 is 0 Å². The van der Waals surface area contributed by atoms with Crippen molar-refractivity contribution in [2.45, 2.75) is 33.1 Å². The van der Waals surface area contributed by atoms with Gasteiger partial charge in [-0.3, -0.25) is 9.78 Å². The first-order valence-corrected chi connectivity index (χ1v) is 8.32. The largest absolute Gasteiger partial charge is 0.319 e. The average Bonchev–Trinajstić information content (AvgIpc) is 2.54. The van der Waals surface area contributed by atoms with E-state index in [1.807, 2.05) is 33.8 Å². The van der Waals surface area contributed by atoms with Gasteiger partial charge in [0.2, 0.25) is 0 Å². The second-order valence-corrected chi connectivity index (χ2v) is 7.39. The summed E-state index contributed by atoms with van der Waals surface area (Å²) < 4.78 is 0.